The number of nitrogen functional groups attached to an aromatic ring is 1. The van der Waals surface area contributed by atoms with Crippen LogP contribution in [0.1, 0.15) is 26.6 Å². The van der Waals surface area contributed by atoms with Crippen LogP contribution in [0.5, 0.6) is 17.2 Å². The highest BCUT2D eigenvalue weighted by atomic mass is 16.5. The molecule has 0 saturated heterocycles. The predicted octanol–water partition coefficient (Wildman–Crippen LogP) is 2.52. The number of hydrogen-bond acceptors (Lipinski definition) is 8. The van der Waals surface area contributed by atoms with Crippen molar-refractivity contribution < 1.29 is 14.2 Å². The number of rotatable bonds is 5. The average molecular weight is 333 g/mol. The van der Waals surface area contributed by atoms with Crippen LogP contribution in [0, 0.1) is 0 Å². The average Bonchev–Trinajstić information content (AvgIpc) is 2.52. The third kappa shape index (κ3) is 3.76. The van der Waals surface area contributed by atoms with Crippen LogP contribution in [-0.4, -0.2) is 36.3 Å². The highest BCUT2D eigenvalue weighted by Crippen LogP contribution is 2.40. The fourth-order valence-corrected chi connectivity index (χ4v) is 2.07. The molecule has 1 aromatic carbocycles. The second-order valence-electron chi connectivity index (χ2n) is 6.13. The summed E-state index contributed by atoms with van der Waals surface area (Å²) in [5.74, 6) is 2.67. The first-order chi connectivity index (χ1) is 11.3. The van der Waals surface area contributed by atoms with Crippen molar-refractivity contribution in [3.05, 3.63) is 18.0 Å². The lowest BCUT2D eigenvalue weighted by Gasteiger charge is -2.18. The summed E-state index contributed by atoms with van der Waals surface area (Å²) in [6, 6.07) is 3.52. The van der Waals surface area contributed by atoms with E-state index in [9.17, 15) is 0 Å². The van der Waals surface area contributed by atoms with Crippen molar-refractivity contribution in [2.45, 2.75) is 26.2 Å². The fourth-order valence-electron chi connectivity index (χ4n) is 2.07. The number of benzene rings is 1. The van der Waals surface area contributed by atoms with Gasteiger partial charge in [0.1, 0.15) is 5.82 Å². The molecule has 0 unspecified atom stereocenters. The van der Waals surface area contributed by atoms with Crippen LogP contribution >= 0.6 is 0 Å². The molecule has 0 amide bonds. The van der Waals surface area contributed by atoms with Gasteiger partial charge in [0.15, 0.2) is 11.5 Å². The van der Waals surface area contributed by atoms with Crippen LogP contribution in [-0.2, 0) is 5.41 Å². The highest BCUT2D eigenvalue weighted by Gasteiger charge is 2.20. The molecular weight excluding hydrogens is 310 g/mol. The molecular formula is C16H23N5O3. The summed E-state index contributed by atoms with van der Waals surface area (Å²) in [7, 11) is 4.66. The van der Waals surface area contributed by atoms with E-state index in [4.69, 9.17) is 19.9 Å². The lowest BCUT2D eigenvalue weighted by Crippen LogP contribution is -2.19. The van der Waals surface area contributed by atoms with Crippen LogP contribution in [0.25, 0.3) is 0 Å². The molecule has 0 radical (unpaired) electrons. The Morgan fingerprint density at radius 2 is 1.50 bits per heavy atom. The Bertz CT molecular complexity index is 703. The van der Waals surface area contributed by atoms with Crippen LogP contribution in [0.15, 0.2) is 12.1 Å². The first-order valence-electron chi connectivity index (χ1n) is 7.37. The van der Waals surface area contributed by atoms with E-state index in [1.54, 1.807) is 33.5 Å². The monoisotopic (exact) mass is 333 g/mol. The summed E-state index contributed by atoms with van der Waals surface area (Å²) < 4.78 is 16.0. The molecule has 2 rings (SSSR count). The molecule has 0 aliphatic heterocycles. The maximum absolute atomic E-state index is 5.80. The van der Waals surface area contributed by atoms with Crippen LogP contribution in [0.2, 0.25) is 0 Å². The molecule has 2 aromatic rings. The van der Waals surface area contributed by atoms with Crippen molar-refractivity contribution in [2.75, 3.05) is 32.4 Å². The van der Waals surface area contributed by atoms with Crippen molar-refractivity contribution in [2.24, 2.45) is 0 Å². The molecule has 0 saturated carbocycles. The summed E-state index contributed by atoms with van der Waals surface area (Å²) in [4.78, 5) is 12.7. The Hall–Kier alpha value is -2.77. The molecule has 24 heavy (non-hydrogen) atoms. The molecule has 1 heterocycles. The summed E-state index contributed by atoms with van der Waals surface area (Å²) in [6.07, 6.45) is 0. The molecule has 130 valence electrons. The Balaban J connectivity index is 2.43. The largest absolute Gasteiger partial charge is 0.493 e. The molecule has 3 N–H and O–H groups in total. The van der Waals surface area contributed by atoms with Gasteiger partial charge >= 0.3 is 0 Å². The summed E-state index contributed by atoms with van der Waals surface area (Å²) in [5, 5.41) is 3.10. The Labute approximate surface area is 141 Å². The molecule has 0 spiro atoms. The van der Waals surface area contributed by atoms with Crippen LogP contribution in [0.4, 0.5) is 17.6 Å². The Kier molecular flexibility index (Phi) is 4.96. The molecule has 1 aromatic heterocycles. The SMILES string of the molecule is COc1cc(Nc2nc(N)nc(C(C)(C)C)n2)cc(OC)c1OC. The zero-order valence-electron chi connectivity index (χ0n) is 14.8. The summed E-state index contributed by atoms with van der Waals surface area (Å²) in [5.41, 5.74) is 6.22. The fraction of sp³-hybridized carbons (Fsp3) is 0.438. The minimum absolute atomic E-state index is 0.157. The second-order valence-corrected chi connectivity index (χ2v) is 6.13. The van der Waals surface area contributed by atoms with Gasteiger partial charge in [-0.15, -0.1) is 0 Å². The molecule has 0 bridgehead atoms. The maximum Gasteiger partial charge on any atom is 0.232 e. The van der Waals surface area contributed by atoms with Gasteiger partial charge in [0.2, 0.25) is 17.6 Å². The Morgan fingerprint density at radius 3 is 1.96 bits per heavy atom. The van der Waals surface area contributed by atoms with E-state index in [0.29, 0.717) is 34.7 Å². The second kappa shape index (κ2) is 6.77. The molecule has 8 heteroatoms. The number of anilines is 3. The van der Waals surface area contributed by atoms with Gasteiger partial charge < -0.3 is 25.3 Å². The van der Waals surface area contributed by atoms with Gasteiger partial charge in [-0.2, -0.15) is 15.0 Å². The molecule has 0 fully saturated rings. The van der Waals surface area contributed by atoms with Crippen molar-refractivity contribution >= 4 is 17.6 Å². The van der Waals surface area contributed by atoms with E-state index in [2.05, 4.69) is 20.3 Å². The first kappa shape index (κ1) is 17.6. The minimum Gasteiger partial charge on any atom is -0.493 e. The van der Waals surface area contributed by atoms with Crippen LogP contribution < -0.4 is 25.3 Å². The number of nitrogens with zero attached hydrogens (tertiary/aromatic N) is 3. The zero-order chi connectivity index (χ0) is 17.9. The third-order valence-corrected chi connectivity index (χ3v) is 3.24. The van der Waals surface area contributed by atoms with Gasteiger partial charge in [0.25, 0.3) is 0 Å². The van der Waals surface area contributed by atoms with Crippen molar-refractivity contribution in [3.63, 3.8) is 0 Å². The smallest absolute Gasteiger partial charge is 0.232 e. The molecule has 0 atom stereocenters. The van der Waals surface area contributed by atoms with Crippen LogP contribution in [0.3, 0.4) is 0 Å². The van der Waals surface area contributed by atoms with Crippen molar-refractivity contribution in [1.29, 1.82) is 0 Å². The van der Waals surface area contributed by atoms with Gasteiger partial charge in [-0.05, 0) is 0 Å². The summed E-state index contributed by atoms with van der Waals surface area (Å²) >= 11 is 0. The van der Waals surface area contributed by atoms with E-state index in [0.717, 1.165) is 0 Å². The predicted molar refractivity (Wildman–Crippen MR) is 92.3 cm³/mol. The van der Waals surface area contributed by atoms with E-state index < -0.39 is 0 Å². The number of hydrogen-bond donors (Lipinski definition) is 2. The van der Waals surface area contributed by atoms with Gasteiger partial charge in [-0.3, -0.25) is 0 Å². The standard InChI is InChI=1S/C16H23N5O3/c1-16(2,3)13-19-14(17)21-15(20-13)18-9-7-10(22-4)12(24-6)11(8-9)23-5/h7-8H,1-6H3,(H3,17,18,19,20,21). The van der Waals surface area contributed by atoms with Gasteiger partial charge in [-0.1, -0.05) is 20.8 Å². The van der Waals surface area contributed by atoms with Crippen molar-refractivity contribution in [1.82, 2.24) is 15.0 Å². The van der Waals surface area contributed by atoms with E-state index in [-0.39, 0.29) is 11.4 Å². The Morgan fingerprint density at radius 1 is 0.917 bits per heavy atom. The van der Waals surface area contributed by atoms with Gasteiger partial charge in [-0.25, -0.2) is 0 Å². The topological polar surface area (TPSA) is 104 Å². The van der Waals surface area contributed by atoms with E-state index in [1.165, 1.54) is 0 Å². The van der Waals surface area contributed by atoms with Crippen molar-refractivity contribution in [3.8, 4) is 17.2 Å². The number of ether oxygens (including phenoxy) is 3. The molecule has 0 aliphatic rings. The number of aromatic nitrogens is 3. The lowest BCUT2D eigenvalue weighted by atomic mass is 9.96. The third-order valence-electron chi connectivity index (χ3n) is 3.24. The molecule has 8 nitrogen and oxygen atoms in total. The van der Waals surface area contributed by atoms with E-state index >= 15 is 0 Å². The number of nitrogens with one attached hydrogen (secondary N) is 1. The molecule has 0 aliphatic carbocycles. The number of nitrogens with two attached hydrogens (primary N) is 1. The first-order valence-corrected chi connectivity index (χ1v) is 7.37. The maximum atomic E-state index is 5.80. The lowest BCUT2D eigenvalue weighted by molar-refractivity contribution is 0.324. The summed E-state index contributed by atoms with van der Waals surface area (Å²) in [6.45, 7) is 6.01. The zero-order valence-corrected chi connectivity index (χ0v) is 14.8. The minimum atomic E-state index is -0.247. The van der Waals surface area contributed by atoms with E-state index in [1.807, 2.05) is 20.8 Å². The highest BCUT2D eigenvalue weighted by molar-refractivity contribution is 5.65. The van der Waals surface area contributed by atoms with Gasteiger partial charge in [0.05, 0.1) is 21.3 Å². The normalized spacial score (nSPS) is 11.1. The number of methoxy groups -OCH3 is 3. The van der Waals surface area contributed by atoms with Gasteiger partial charge in [0, 0.05) is 23.2 Å². The quantitative estimate of drug-likeness (QED) is 0.860.